The van der Waals surface area contributed by atoms with Gasteiger partial charge in [0.05, 0.1) is 18.6 Å². The number of nitrogens with one attached hydrogen (secondary N) is 1. The molecule has 0 saturated heterocycles. The summed E-state index contributed by atoms with van der Waals surface area (Å²) >= 11 is 5.99. The van der Waals surface area contributed by atoms with E-state index in [9.17, 15) is 9.59 Å². The quantitative estimate of drug-likeness (QED) is 0.811. The summed E-state index contributed by atoms with van der Waals surface area (Å²) < 4.78 is 6.80. The molecule has 1 atom stereocenters. The van der Waals surface area contributed by atoms with Crippen LogP contribution in [0.3, 0.4) is 0 Å². The SMILES string of the molecule is COCC(C)(CC(=O)O)NC(=O)Cn1ccc2ccc(Cl)cc21. The van der Waals surface area contributed by atoms with Crippen LogP contribution in [0.5, 0.6) is 0 Å². The van der Waals surface area contributed by atoms with Gasteiger partial charge in [0, 0.05) is 23.8 Å². The molecule has 2 N–H and O–H groups in total. The van der Waals surface area contributed by atoms with E-state index in [0.717, 1.165) is 10.9 Å². The Bertz CT molecular complexity index is 728. The van der Waals surface area contributed by atoms with Crippen molar-refractivity contribution in [3.8, 4) is 0 Å². The number of methoxy groups -OCH3 is 1. The lowest BCUT2D eigenvalue weighted by atomic mass is 9.99. The molecule has 1 heterocycles. The Morgan fingerprint density at radius 1 is 1.39 bits per heavy atom. The lowest BCUT2D eigenvalue weighted by Crippen LogP contribution is -2.51. The van der Waals surface area contributed by atoms with Gasteiger partial charge in [0.1, 0.15) is 6.54 Å². The Kier molecular flexibility index (Phi) is 5.28. The molecule has 0 fully saturated rings. The fourth-order valence-corrected chi connectivity index (χ4v) is 2.78. The first-order valence-corrected chi connectivity index (χ1v) is 7.47. The van der Waals surface area contributed by atoms with Crippen LogP contribution in [-0.4, -0.2) is 40.8 Å². The monoisotopic (exact) mass is 338 g/mol. The number of hydrogen-bond donors (Lipinski definition) is 2. The van der Waals surface area contributed by atoms with Crippen LogP contribution in [0, 0.1) is 0 Å². The Morgan fingerprint density at radius 3 is 2.78 bits per heavy atom. The topological polar surface area (TPSA) is 80.6 Å². The minimum Gasteiger partial charge on any atom is -0.481 e. The van der Waals surface area contributed by atoms with Gasteiger partial charge in [0.2, 0.25) is 5.91 Å². The zero-order valence-electron chi connectivity index (χ0n) is 13.0. The molecule has 0 spiro atoms. The molecular weight excluding hydrogens is 320 g/mol. The van der Waals surface area contributed by atoms with E-state index in [1.165, 1.54) is 7.11 Å². The number of amides is 1. The summed E-state index contributed by atoms with van der Waals surface area (Å²) in [7, 11) is 1.47. The van der Waals surface area contributed by atoms with E-state index in [1.54, 1.807) is 29.8 Å². The van der Waals surface area contributed by atoms with Crippen LogP contribution in [0.15, 0.2) is 30.5 Å². The number of carbonyl (C=O) groups is 2. The highest BCUT2D eigenvalue weighted by Crippen LogP contribution is 2.20. The number of carboxylic acids is 1. The van der Waals surface area contributed by atoms with E-state index in [0.29, 0.717) is 5.02 Å². The third-order valence-electron chi connectivity index (χ3n) is 3.50. The summed E-state index contributed by atoms with van der Waals surface area (Å²) in [6.07, 6.45) is 1.58. The molecular formula is C16H19ClN2O4. The predicted molar refractivity (Wildman–Crippen MR) is 87.6 cm³/mol. The number of rotatable bonds is 7. The molecule has 6 nitrogen and oxygen atoms in total. The van der Waals surface area contributed by atoms with Gasteiger partial charge in [-0.3, -0.25) is 9.59 Å². The number of nitrogens with zero attached hydrogens (tertiary/aromatic N) is 1. The maximum Gasteiger partial charge on any atom is 0.305 e. The first-order chi connectivity index (χ1) is 10.8. The fourth-order valence-electron chi connectivity index (χ4n) is 2.61. The first kappa shape index (κ1) is 17.3. The smallest absolute Gasteiger partial charge is 0.305 e. The van der Waals surface area contributed by atoms with Crippen LogP contribution in [0.1, 0.15) is 13.3 Å². The third-order valence-corrected chi connectivity index (χ3v) is 3.73. The first-order valence-electron chi connectivity index (χ1n) is 7.09. The van der Waals surface area contributed by atoms with Crippen LogP contribution < -0.4 is 5.32 Å². The van der Waals surface area contributed by atoms with E-state index in [1.807, 2.05) is 12.1 Å². The van der Waals surface area contributed by atoms with E-state index < -0.39 is 11.5 Å². The molecule has 1 unspecified atom stereocenters. The minimum atomic E-state index is -0.997. The number of fused-ring (bicyclic) bond motifs is 1. The molecule has 23 heavy (non-hydrogen) atoms. The lowest BCUT2D eigenvalue weighted by molar-refractivity contribution is -0.139. The number of aliphatic carboxylic acids is 1. The van der Waals surface area contributed by atoms with Crippen LogP contribution >= 0.6 is 11.6 Å². The van der Waals surface area contributed by atoms with Gasteiger partial charge in [0.15, 0.2) is 0 Å². The second-order valence-electron chi connectivity index (χ2n) is 5.76. The Labute approximate surface area is 139 Å². The van der Waals surface area contributed by atoms with Crippen molar-refractivity contribution in [3.05, 3.63) is 35.5 Å². The molecule has 1 aromatic heterocycles. The van der Waals surface area contributed by atoms with E-state index >= 15 is 0 Å². The van der Waals surface area contributed by atoms with E-state index in [2.05, 4.69) is 5.32 Å². The summed E-state index contributed by atoms with van der Waals surface area (Å²) in [6, 6.07) is 7.35. The fraction of sp³-hybridized carbons (Fsp3) is 0.375. The molecule has 1 aromatic carbocycles. The van der Waals surface area contributed by atoms with Crippen molar-refractivity contribution in [1.82, 2.24) is 9.88 Å². The highest BCUT2D eigenvalue weighted by atomic mass is 35.5. The lowest BCUT2D eigenvalue weighted by Gasteiger charge is -2.28. The number of halogens is 1. The van der Waals surface area contributed by atoms with Gasteiger partial charge in [0.25, 0.3) is 0 Å². The van der Waals surface area contributed by atoms with Gasteiger partial charge in [-0.05, 0) is 30.5 Å². The third kappa shape index (κ3) is 4.46. The molecule has 0 radical (unpaired) electrons. The number of hydrogen-bond acceptors (Lipinski definition) is 3. The summed E-state index contributed by atoms with van der Waals surface area (Å²) in [4.78, 5) is 23.3. The van der Waals surface area contributed by atoms with Crippen LogP contribution in [-0.2, 0) is 20.9 Å². The normalized spacial score (nSPS) is 13.7. The van der Waals surface area contributed by atoms with Crippen molar-refractivity contribution >= 4 is 34.4 Å². The summed E-state index contributed by atoms with van der Waals surface area (Å²) in [5.74, 6) is -1.29. The highest BCUT2D eigenvalue weighted by Gasteiger charge is 2.29. The molecule has 2 aromatic rings. The molecule has 2 rings (SSSR count). The summed E-state index contributed by atoms with van der Waals surface area (Å²) in [6.45, 7) is 1.83. The average molecular weight is 339 g/mol. The van der Waals surface area contributed by atoms with Crippen LogP contribution in [0.2, 0.25) is 5.02 Å². The van der Waals surface area contributed by atoms with Gasteiger partial charge in [-0.1, -0.05) is 17.7 Å². The molecule has 124 valence electrons. The second-order valence-corrected chi connectivity index (χ2v) is 6.20. The zero-order chi connectivity index (χ0) is 17.0. The number of benzene rings is 1. The molecule has 0 aliphatic carbocycles. The standard InChI is InChI=1S/C16H19ClN2O4/c1-16(10-23-2,8-15(21)22)18-14(20)9-19-6-5-11-3-4-12(17)7-13(11)19/h3-7H,8-10H2,1-2H3,(H,18,20)(H,21,22). The number of carboxylic acid groups (broad SMARTS) is 1. The average Bonchev–Trinajstić information content (AvgIpc) is 2.80. The van der Waals surface area contributed by atoms with Crippen molar-refractivity contribution in [3.63, 3.8) is 0 Å². The molecule has 0 bridgehead atoms. The van der Waals surface area contributed by atoms with Crippen molar-refractivity contribution < 1.29 is 19.4 Å². The van der Waals surface area contributed by atoms with Gasteiger partial charge in [-0.25, -0.2) is 0 Å². The van der Waals surface area contributed by atoms with Gasteiger partial charge in [-0.15, -0.1) is 0 Å². The largest absolute Gasteiger partial charge is 0.481 e. The van der Waals surface area contributed by atoms with Crippen LogP contribution in [0.4, 0.5) is 0 Å². The molecule has 0 aliphatic heterocycles. The van der Waals surface area contributed by atoms with Gasteiger partial charge >= 0.3 is 5.97 Å². The van der Waals surface area contributed by atoms with Crippen molar-refractivity contribution in [2.45, 2.75) is 25.4 Å². The zero-order valence-corrected chi connectivity index (χ0v) is 13.8. The van der Waals surface area contributed by atoms with Gasteiger partial charge < -0.3 is 19.7 Å². The molecule has 0 saturated carbocycles. The van der Waals surface area contributed by atoms with Crippen molar-refractivity contribution in [1.29, 1.82) is 0 Å². The Morgan fingerprint density at radius 2 is 2.13 bits per heavy atom. The number of carbonyl (C=O) groups excluding carboxylic acids is 1. The minimum absolute atomic E-state index is 0.0722. The summed E-state index contributed by atoms with van der Waals surface area (Å²) in [5, 5.41) is 13.3. The van der Waals surface area contributed by atoms with Gasteiger partial charge in [-0.2, -0.15) is 0 Å². The van der Waals surface area contributed by atoms with Crippen molar-refractivity contribution in [2.24, 2.45) is 0 Å². The highest BCUT2D eigenvalue weighted by molar-refractivity contribution is 6.31. The maximum absolute atomic E-state index is 12.3. The van der Waals surface area contributed by atoms with E-state index in [4.69, 9.17) is 21.4 Å². The molecule has 0 aliphatic rings. The number of ether oxygens (including phenoxy) is 1. The Hall–Kier alpha value is -2.05. The summed E-state index contributed by atoms with van der Waals surface area (Å²) in [5.41, 5.74) is -0.113. The van der Waals surface area contributed by atoms with E-state index in [-0.39, 0.29) is 25.5 Å². The number of aromatic nitrogens is 1. The maximum atomic E-state index is 12.3. The predicted octanol–water partition coefficient (Wildman–Crippen LogP) is 2.29. The molecule has 1 amide bonds. The molecule has 7 heteroatoms. The van der Waals surface area contributed by atoms with Crippen LogP contribution in [0.25, 0.3) is 10.9 Å². The van der Waals surface area contributed by atoms with Crippen molar-refractivity contribution in [2.75, 3.05) is 13.7 Å². The second kappa shape index (κ2) is 7.02. The Balaban J connectivity index is 2.13.